The number of hydrogen-bond donors (Lipinski definition) is 3. The van der Waals surface area contributed by atoms with Crippen molar-refractivity contribution in [1.29, 1.82) is 0 Å². The number of Topliss-reactive ketones (excluding diaryl/α,β-unsaturated/α-hetero) is 1. The average Bonchev–Trinajstić information content (AvgIpc) is 2.75. The number of nitrogens with two attached hydrogens (primary N) is 1. The number of rotatable bonds is 4. The Morgan fingerprint density at radius 1 is 1.23 bits per heavy atom. The summed E-state index contributed by atoms with van der Waals surface area (Å²) >= 11 is 0. The van der Waals surface area contributed by atoms with Crippen molar-refractivity contribution >= 4 is 28.7 Å². The minimum atomic E-state index is -1.26. The molecule has 2 aromatic rings. The van der Waals surface area contributed by atoms with E-state index in [1.807, 2.05) is 0 Å². The first-order valence-corrected chi connectivity index (χ1v) is 9.25. The maximum absolute atomic E-state index is 13.3. The first-order chi connectivity index (χ1) is 14.3. The monoisotopic (exact) mass is 410 g/mol. The Hall–Kier alpha value is -3.43. The molecule has 2 aliphatic carbocycles. The standard InChI is InChI=1S/C21H18N2O7/c1-30-13-4-2-3-9-15(13)21(28)16-17(20(9)27)19(23-29)10-5-8(12(26)7-24)6-11(25)14(10)18(16)22/h2-4,8,11,24-25H,5-7,22H2,1H3/t8-,11+/m1/s1. The van der Waals surface area contributed by atoms with E-state index >= 15 is 0 Å². The van der Waals surface area contributed by atoms with E-state index in [2.05, 4.69) is 5.18 Å². The summed E-state index contributed by atoms with van der Waals surface area (Å²) in [4.78, 5) is 50.4. The number of aliphatic hydroxyl groups excluding tert-OH is 2. The molecule has 9 heteroatoms. The average molecular weight is 410 g/mol. The fourth-order valence-electron chi connectivity index (χ4n) is 4.45. The van der Waals surface area contributed by atoms with Gasteiger partial charge in [-0.1, -0.05) is 12.1 Å². The smallest absolute Gasteiger partial charge is 0.200 e. The normalized spacial score (nSPS) is 19.6. The van der Waals surface area contributed by atoms with Gasteiger partial charge in [-0.3, -0.25) is 14.4 Å². The van der Waals surface area contributed by atoms with Gasteiger partial charge in [0.15, 0.2) is 17.3 Å². The summed E-state index contributed by atoms with van der Waals surface area (Å²) in [5.41, 5.74) is 5.72. The molecule has 0 saturated heterocycles. The number of carbonyl (C=O) groups is 3. The SMILES string of the molecule is COc1cccc2c1C(=O)c1c(N)c3c(c(N=O)c1C2=O)C[C@@H](C(=O)CO)C[C@@H]3O. The van der Waals surface area contributed by atoms with Crippen molar-refractivity contribution in [2.45, 2.75) is 18.9 Å². The summed E-state index contributed by atoms with van der Waals surface area (Å²) in [6.45, 7) is -0.721. The van der Waals surface area contributed by atoms with Crippen LogP contribution in [0.15, 0.2) is 23.4 Å². The number of methoxy groups -OCH3 is 1. The van der Waals surface area contributed by atoms with Gasteiger partial charge in [-0.15, -0.1) is 4.91 Å². The van der Waals surface area contributed by atoms with Gasteiger partial charge < -0.3 is 20.7 Å². The second kappa shape index (κ2) is 7.12. The summed E-state index contributed by atoms with van der Waals surface area (Å²) in [5, 5.41) is 22.8. The molecular formula is C21H18N2O7. The molecule has 0 amide bonds. The third-order valence-corrected chi connectivity index (χ3v) is 5.82. The molecule has 0 saturated carbocycles. The fourth-order valence-corrected chi connectivity index (χ4v) is 4.45. The topological polar surface area (TPSA) is 156 Å². The highest BCUT2D eigenvalue weighted by atomic mass is 16.5. The molecule has 2 atom stereocenters. The molecule has 4 N–H and O–H groups in total. The molecule has 0 radical (unpaired) electrons. The van der Waals surface area contributed by atoms with E-state index in [1.54, 1.807) is 6.07 Å². The lowest BCUT2D eigenvalue weighted by atomic mass is 9.73. The second-order valence-corrected chi connectivity index (χ2v) is 7.31. The molecule has 0 aromatic heterocycles. The van der Waals surface area contributed by atoms with Crippen molar-refractivity contribution in [3.05, 3.63) is 56.5 Å². The van der Waals surface area contributed by atoms with E-state index in [9.17, 15) is 29.5 Å². The van der Waals surface area contributed by atoms with Crippen molar-refractivity contribution < 1.29 is 29.3 Å². The number of nitroso groups, excluding NO2 is 1. The number of ketones is 3. The summed E-state index contributed by atoms with van der Waals surface area (Å²) < 4.78 is 5.22. The minimum Gasteiger partial charge on any atom is -0.496 e. The number of anilines is 1. The Kier molecular flexibility index (Phi) is 4.71. The Morgan fingerprint density at radius 3 is 2.60 bits per heavy atom. The van der Waals surface area contributed by atoms with Crippen LogP contribution in [0.4, 0.5) is 11.4 Å². The van der Waals surface area contributed by atoms with Gasteiger partial charge in [0, 0.05) is 22.7 Å². The van der Waals surface area contributed by atoms with Gasteiger partial charge >= 0.3 is 0 Å². The van der Waals surface area contributed by atoms with Crippen molar-refractivity contribution in [3.63, 3.8) is 0 Å². The van der Waals surface area contributed by atoms with E-state index in [1.165, 1.54) is 19.2 Å². The lowest BCUT2D eigenvalue weighted by molar-refractivity contribution is -0.127. The molecule has 30 heavy (non-hydrogen) atoms. The maximum Gasteiger partial charge on any atom is 0.200 e. The first kappa shape index (κ1) is 19.9. The van der Waals surface area contributed by atoms with Crippen LogP contribution in [0.25, 0.3) is 0 Å². The molecular weight excluding hydrogens is 392 g/mol. The van der Waals surface area contributed by atoms with E-state index < -0.39 is 36.0 Å². The van der Waals surface area contributed by atoms with Gasteiger partial charge in [0.25, 0.3) is 0 Å². The lowest BCUT2D eigenvalue weighted by Crippen LogP contribution is -2.31. The fraction of sp³-hybridized carbons (Fsp3) is 0.286. The van der Waals surface area contributed by atoms with Crippen LogP contribution < -0.4 is 10.5 Å². The molecule has 9 nitrogen and oxygen atoms in total. The molecule has 2 aliphatic rings. The molecule has 0 fully saturated rings. The number of hydrogen-bond acceptors (Lipinski definition) is 9. The number of carbonyl (C=O) groups excluding carboxylic acids is 3. The number of ether oxygens (including phenoxy) is 1. The van der Waals surface area contributed by atoms with Gasteiger partial charge in [-0.25, -0.2) is 0 Å². The summed E-state index contributed by atoms with van der Waals surface area (Å²) in [6, 6.07) is 4.52. The number of nitrogens with zero attached hydrogens (tertiary/aromatic N) is 1. The van der Waals surface area contributed by atoms with Crippen molar-refractivity contribution in [3.8, 4) is 5.75 Å². The van der Waals surface area contributed by atoms with E-state index in [0.29, 0.717) is 0 Å². The van der Waals surface area contributed by atoms with E-state index in [-0.39, 0.29) is 63.3 Å². The molecule has 154 valence electrons. The van der Waals surface area contributed by atoms with Crippen LogP contribution in [0, 0.1) is 10.8 Å². The van der Waals surface area contributed by atoms with Gasteiger partial charge in [0.1, 0.15) is 18.0 Å². The minimum absolute atomic E-state index is 0.0274. The predicted octanol–water partition coefficient (Wildman–Crippen LogP) is 1.61. The van der Waals surface area contributed by atoms with E-state index in [4.69, 9.17) is 10.5 Å². The number of benzene rings is 2. The molecule has 0 aliphatic heterocycles. The maximum atomic E-state index is 13.3. The highest BCUT2D eigenvalue weighted by Gasteiger charge is 2.42. The molecule has 0 bridgehead atoms. The molecule has 4 rings (SSSR count). The Labute approximate surface area is 170 Å². The van der Waals surface area contributed by atoms with Crippen LogP contribution in [-0.4, -0.2) is 41.3 Å². The summed E-state index contributed by atoms with van der Waals surface area (Å²) in [5.74, 6) is -2.32. The molecule has 0 spiro atoms. The number of fused-ring (bicyclic) bond motifs is 3. The van der Waals surface area contributed by atoms with Crippen molar-refractivity contribution in [2.75, 3.05) is 19.5 Å². The van der Waals surface area contributed by atoms with Crippen LogP contribution in [0.3, 0.4) is 0 Å². The first-order valence-electron chi connectivity index (χ1n) is 9.25. The number of nitrogen functional groups attached to an aromatic ring is 1. The largest absolute Gasteiger partial charge is 0.496 e. The van der Waals surface area contributed by atoms with Crippen LogP contribution in [0.1, 0.15) is 55.5 Å². The third kappa shape index (κ3) is 2.59. The second-order valence-electron chi connectivity index (χ2n) is 7.31. The van der Waals surface area contributed by atoms with Crippen LogP contribution >= 0.6 is 0 Å². The highest BCUT2D eigenvalue weighted by Crippen LogP contribution is 2.49. The lowest BCUT2D eigenvalue weighted by Gasteiger charge is -2.32. The Bertz CT molecular complexity index is 1140. The van der Waals surface area contributed by atoms with Gasteiger partial charge in [0.2, 0.25) is 0 Å². The molecule has 2 aromatic carbocycles. The zero-order valence-corrected chi connectivity index (χ0v) is 16.0. The van der Waals surface area contributed by atoms with Crippen molar-refractivity contribution in [1.82, 2.24) is 0 Å². The number of aliphatic hydroxyl groups is 2. The highest BCUT2D eigenvalue weighted by molar-refractivity contribution is 6.33. The van der Waals surface area contributed by atoms with Crippen LogP contribution in [0.5, 0.6) is 5.75 Å². The Balaban J connectivity index is 2.03. The van der Waals surface area contributed by atoms with Gasteiger partial charge in [-0.2, -0.15) is 0 Å². The quantitative estimate of drug-likeness (QED) is 0.432. The molecule has 0 heterocycles. The zero-order chi connectivity index (χ0) is 21.7. The van der Waals surface area contributed by atoms with Crippen LogP contribution in [-0.2, 0) is 11.2 Å². The van der Waals surface area contributed by atoms with Gasteiger partial charge in [-0.05, 0) is 29.6 Å². The summed E-state index contributed by atoms with van der Waals surface area (Å²) in [6.07, 6.45) is -1.33. The van der Waals surface area contributed by atoms with Crippen molar-refractivity contribution in [2.24, 2.45) is 11.1 Å². The third-order valence-electron chi connectivity index (χ3n) is 5.82. The zero-order valence-electron chi connectivity index (χ0n) is 16.0. The Morgan fingerprint density at radius 2 is 1.97 bits per heavy atom. The molecule has 0 unspecified atom stereocenters. The summed E-state index contributed by atoms with van der Waals surface area (Å²) in [7, 11) is 1.36. The van der Waals surface area contributed by atoms with Gasteiger partial charge in [0.05, 0.1) is 29.9 Å². The predicted molar refractivity (Wildman–Crippen MR) is 105 cm³/mol. The van der Waals surface area contributed by atoms with Crippen LogP contribution in [0.2, 0.25) is 0 Å². The van der Waals surface area contributed by atoms with E-state index in [0.717, 1.165) is 0 Å².